The summed E-state index contributed by atoms with van der Waals surface area (Å²) >= 11 is 0. The summed E-state index contributed by atoms with van der Waals surface area (Å²) in [5.41, 5.74) is 0.773. The van der Waals surface area contributed by atoms with Crippen molar-refractivity contribution in [3.05, 3.63) is 54.4 Å². The lowest BCUT2D eigenvalue weighted by Crippen LogP contribution is -2.15. The van der Waals surface area contributed by atoms with E-state index < -0.39 is 28.6 Å². The molecule has 0 bridgehead atoms. The summed E-state index contributed by atoms with van der Waals surface area (Å²) in [6.45, 7) is -0.636. The van der Waals surface area contributed by atoms with E-state index in [9.17, 15) is 17.2 Å². The Morgan fingerprint density at radius 1 is 1.09 bits per heavy atom. The molecule has 5 nitrogen and oxygen atoms in total. The van der Waals surface area contributed by atoms with Gasteiger partial charge < -0.3 is 0 Å². The van der Waals surface area contributed by atoms with Crippen LogP contribution in [0.4, 0.5) is 8.78 Å². The lowest BCUT2D eigenvalue weighted by molar-refractivity contribution is 0.121. The Balaban J connectivity index is 1.93. The van der Waals surface area contributed by atoms with Crippen molar-refractivity contribution < 1.29 is 17.2 Å². The minimum Gasteiger partial charge on any atom is -0.263 e. The van der Waals surface area contributed by atoms with Crippen LogP contribution in [0.1, 0.15) is 5.69 Å². The van der Waals surface area contributed by atoms with Gasteiger partial charge in [-0.2, -0.15) is 5.10 Å². The number of aromatic nitrogens is 3. The van der Waals surface area contributed by atoms with E-state index in [1.54, 1.807) is 18.2 Å². The van der Waals surface area contributed by atoms with Crippen LogP contribution in [0.15, 0.2) is 53.7 Å². The van der Waals surface area contributed by atoms with Crippen LogP contribution in [-0.4, -0.2) is 29.6 Å². The van der Waals surface area contributed by atoms with Crippen molar-refractivity contribution in [2.75, 3.05) is 0 Å². The molecule has 8 heteroatoms. The Hall–Kier alpha value is -2.35. The molecule has 0 N–H and O–H groups in total. The SMILES string of the molecule is O=S(=O)(Cc1ccnn1CC(F)F)c1ccc2ccccc2n1. The number of pyridine rings is 1. The van der Waals surface area contributed by atoms with Crippen molar-refractivity contribution in [1.29, 1.82) is 0 Å². The Morgan fingerprint density at radius 2 is 1.87 bits per heavy atom. The third-order valence-corrected chi connectivity index (χ3v) is 4.89. The highest BCUT2D eigenvalue weighted by Gasteiger charge is 2.20. The van der Waals surface area contributed by atoms with Crippen LogP contribution >= 0.6 is 0 Å². The van der Waals surface area contributed by atoms with Crippen molar-refractivity contribution in [2.45, 2.75) is 23.7 Å². The van der Waals surface area contributed by atoms with E-state index in [-0.39, 0.29) is 10.7 Å². The van der Waals surface area contributed by atoms with E-state index in [0.717, 1.165) is 10.1 Å². The van der Waals surface area contributed by atoms with Crippen LogP contribution in [0.2, 0.25) is 0 Å². The monoisotopic (exact) mass is 337 g/mol. The second-order valence-electron chi connectivity index (χ2n) is 5.00. The highest BCUT2D eigenvalue weighted by Crippen LogP contribution is 2.19. The predicted octanol–water partition coefficient (Wildman–Crippen LogP) is 2.67. The minimum atomic E-state index is -3.75. The standard InChI is InChI=1S/C15H13F2N3O2S/c16-14(17)9-20-12(7-8-18-20)10-23(21,22)15-6-5-11-3-1-2-4-13(11)19-15/h1-8,14H,9-10H2. The average molecular weight is 337 g/mol. The fourth-order valence-electron chi connectivity index (χ4n) is 2.27. The number of fused-ring (bicyclic) bond motifs is 1. The predicted molar refractivity (Wildman–Crippen MR) is 80.9 cm³/mol. The summed E-state index contributed by atoms with van der Waals surface area (Å²) in [4.78, 5) is 4.15. The zero-order valence-electron chi connectivity index (χ0n) is 11.9. The topological polar surface area (TPSA) is 64.8 Å². The van der Waals surface area contributed by atoms with E-state index in [4.69, 9.17) is 0 Å². The first kappa shape index (κ1) is 15.5. The Kier molecular flexibility index (Phi) is 4.08. The Labute approximate surface area is 131 Å². The smallest absolute Gasteiger partial charge is 0.257 e. The van der Waals surface area contributed by atoms with E-state index in [1.165, 1.54) is 18.3 Å². The zero-order chi connectivity index (χ0) is 16.4. The molecular formula is C15H13F2N3O2S. The van der Waals surface area contributed by atoms with E-state index >= 15 is 0 Å². The number of benzene rings is 1. The molecule has 0 amide bonds. The van der Waals surface area contributed by atoms with Gasteiger partial charge in [-0.25, -0.2) is 22.2 Å². The van der Waals surface area contributed by atoms with Gasteiger partial charge in [0.25, 0.3) is 6.43 Å². The molecule has 0 unspecified atom stereocenters. The van der Waals surface area contributed by atoms with Gasteiger partial charge >= 0.3 is 0 Å². The lowest BCUT2D eigenvalue weighted by Gasteiger charge is -2.08. The molecule has 0 aliphatic carbocycles. The fraction of sp³-hybridized carbons (Fsp3) is 0.200. The zero-order valence-corrected chi connectivity index (χ0v) is 12.7. The molecular weight excluding hydrogens is 324 g/mol. The fourth-order valence-corrected chi connectivity index (χ4v) is 3.56. The molecule has 23 heavy (non-hydrogen) atoms. The van der Waals surface area contributed by atoms with Crippen LogP contribution in [0.3, 0.4) is 0 Å². The summed E-state index contributed by atoms with van der Waals surface area (Å²) in [7, 11) is -3.75. The molecule has 120 valence electrons. The van der Waals surface area contributed by atoms with Crippen molar-refractivity contribution in [2.24, 2.45) is 0 Å². The number of sulfone groups is 1. The molecule has 1 aromatic carbocycles. The molecule has 0 fully saturated rings. The molecule has 0 atom stereocenters. The number of para-hydroxylation sites is 1. The van der Waals surface area contributed by atoms with Gasteiger partial charge in [-0.15, -0.1) is 0 Å². The molecule has 3 rings (SSSR count). The van der Waals surface area contributed by atoms with Gasteiger partial charge in [0.05, 0.1) is 17.0 Å². The largest absolute Gasteiger partial charge is 0.263 e. The second kappa shape index (κ2) is 6.04. The molecule has 0 spiro atoms. The molecule has 0 aliphatic rings. The number of rotatable bonds is 5. The maximum absolute atomic E-state index is 12.5. The van der Waals surface area contributed by atoms with Gasteiger partial charge in [0.15, 0.2) is 5.03 Å². The summed E-state index contributed by atoms with van der Waals surface area (Å²) in [6.07, 6.45) is -1.30. The van der Waals surface area contributed by atoms with Crippen LogP contribution < -0.4 is 0 Å². The maximum atomic E-state index is 12.5. The lowest BCUT2D eigenvalue weighted by atomic mass is 10.2. The van der Waals surface area contributed by atoms with Crippen molar-refractivity contribution >= 4 is 20.7 Å². The molecule has 0 aliphatic heterocycles. The Morgan fingerprint density at radius 3 is 2.65 bits per heavy atom. The number of hydrogen-bond acceptors (Lipinski definition) is 4. The van der Waals surface area contributed by atoms with Gasteiger partial charge in [-0.3, -0.25) is 4.68 Å². The van der Waals surface area contributed by atoms with Crippen LogP contribution in [0.25, 0.3) is 10.9 Å². The van der Waals surface area contributed by atoms with E-state index in [2.05, 4.69) is 10.1 Å². The average Bonchev–Trinajstić information content (AvgIpc) is 2.92. The highest BCUT2D eigenvalue weighted by molar-refractivity contribution is 7.90. The van der Waals surface area contributed by atoms with Crippen molar-refractivity contribution in [3.8, 4) is 0 Å². The van der Waals surface area contributed by atoms with Gasteiger partial charge in [-0.1, -0.05) is 18.2 Å². The van der Waals surface area contributed by atoms with E-state index in [0.29, 0.717) is 5.52 Å². The normalized spacial score (nSPS) is 12.1. The van der Waals surface area contributed by atoms with Gasteiger partial charge in [0.1, 0.15) is 6.54 Å². The number of nitrogens with zero attached hydrogens (tertiary/aromatic N) is 3. The number of hydrogen-bond donors (Lipinski definition) is 0. The van der Waals surface area contributed by atoms with Gasteiger partial charge in [-0.05, 0) is 24.3 Å². The third-order valence-electron chi connectivity index (χ3n) is 3.34. The first-order valence-corrected chi connectivity index (χ1v) is 8.48. The highest BCUT2D eigenvalue weighted by atomic mass is 32.2. The van der Waals surface area contributed by atoms with Crippen molar-refractivity contribution in [1.82, 2.24) is 14.8 Å². The molecule has 2 aromatic heterocycles. The summed E-state index contributed by atoms with van der Waals surface area (Å²) in [5, 5.41) is 4.48. The second-order valence-corrected chi connectivity index (χ2v) is 6.93. The third kappa shape index (κ3) is 3.37. The summed E-state index contributed by atoms with van der Waals surface area (Å²) < 4.78 is 51.0. The Bertz CT molecular complexity index is 939. The number of alkyl halides is 2. The van der Waals surface area contributed by atoms with Crippen LogP contribution in [-0.2, 0) is 22.1 Å². The van der Waals surface area contributed by atoms with Gasteiger partial charge in [0, 0.05) is 11.6 Å². The first-order chi connectivity index (χ1) is 11.0. The minimum absolute atomic E-state index is 0.0824. The summed E-state index contributed by atoms with van der Waals surface area (Å²) in [6, 6.07) is 11.7. The molecule has 0 saturated carbocycles. The van der Waals surface area contributed by atoms with Crippen molar-refractivity contribution in [3.63, 3.8) is 0 Å². The van der Waals surface area contributed by atoms with Crippen LogP contribution in [0.5, 0.6) is 0 Å². The first-order valence-electron chi connectivity index (χ1n) is 6.83. The maximum Gasteiger partial charge on any atom is 0.257 e. The van der Waals surface area contributed by atoms with Crippen LogP contribution in [0, 0.1) is 0 Å². The molecule has 0 saturated heterocycles. The molecule has 0 radical (unpaired) electrons. The summed E-state index contributed by atoms with van der Waals surface area (Å²) in [5.74, 6) is -0.426. The quantitative estimate of drug-likeness (QED) is 0.718. The number of halogens is 2. The van der Waals surface area contributed by atoms with E-state index in [1.807, 2.05) is 12.1 Å². The molecule has 2 heterocycles. The molecule has 3 aromatic rings. The van der Waals surface area contributed by atoms with Gasteiger partial charge in [0.2, 0.25) is 9.84 Å².